The number of furan rings is 1. The standard InChI is InChI=1S/C24H36N4O4/c1-5-25-24(26-16-18-14-21(29-2)23(31-4)22(15-18)30-3)27-17-19(20-10-9-13-32-20)28-11-7-6-8-12-28/h9-10,13-15,19H,5-8,11-12,16-17H2,1-4H3,(H2,25,26,27). The molecule has 8 heteroatoms. The van der Waals surface area contributed by atoms with Crippen LogP contribution < -0.4 is 24.8 Å². The number of hydrogen-bond donors (Lipinski definition) is 2. The summed E-state index contributed by atoms with van der Waals surface area (Å²) in [5.74, 6) is 3.57. The van der Waals surface area contributed by atoms with Crippen LogP contribution in [0.25, 0.3) is 0 Å². The third-order valence-corrected chi connectivity index (χ3v) is 5.65. The molecule has 176 valence electrons. The molecule has 1 aromatic heterocycles. The second kappa shape index (κ2) is 12.2. The van der Waals surface area contributed by atoms with E-state index in [1.807, 2.05) is 18.2 Å². The number of hydrogen-bond acceptors (Lipinski definition) is 6. The number of benzene rings is 1. The molecule has 2 heterocycles. The van der Waals surface area contributed by atoms with E-state index in [1.54, 1.807) is 27.6 Å². The van der Waals surface area contributed by atoms with Crippen LogP contribution in [0.15, 0.2) is 39.9 Å². The SMILES string of the molecule is CCNC(=NCc1cc(OC)c(OC)c(OC)c1)NCC(c1ccco1)N1CCCCC1. The molecule has 1 fully saturated rings. The zero-order valence-corrected chi connectivity index (χ0v) is 19.6. The lowest BCUT2D eigenvalue weighted by Gasteiger charge is -2.33. The van der Waals surface area contributed by atoms with Crippen LogP contribution in [0.2, 0.25) is 0 Å². The van der Waals surface area contributed by atoms with Crippen molar-refractivity contribution in [2.24, 2.45) is 4.99 Å². The molecule has 1 aliphatic heterocycles. The zero-order valence-electron chi connectivity index (χ0n) is 19.6. The number of ether oxygens (including phenoxy) is 3. The molecule has 0 bridgehead atoms. The average Bonchev–Trinajstić information content (AvgIpc) is 3.37. The molecule has 1 unspecified atom stereocenters. The predicted molar refractivity (Wildman–Crippen MR) is 126 cm³/mol. The molecule has 0 aliphatic carbocycles. The van der Waals surface area contributed by atoms with E-state index in [4.69, 9.17) is 23.6 Å². The summed E-state index contributed by atoms with van der Waals surface area (Å²) in [6.07, 6.45) is 5.50. The highest BCUT2D eigenvalue weighted by Crippen LogP contribution is 2.38. The number of nitrogens with zero attached hydrogens (tertiary/aromatic N) is 2. The van der Waals surface area contributed by atoms with Crippen LogP contribution in [0.4, 0.5) is 0 Å². The maximum atomic E-state index is 5.76. The summed E-state index contributed by atoms with van der Waals surface area (Å²) in [5, 5.41) is 6.85. The van der Waals surface area contributed by atoms with Crippen molar-refractivity contribution in [3.8, 4) is 17.2 Å². The molecular weight excluding hydrogens is 408 g/mol. The van der Waals surface area contributed by atoms with Gasteiger partial charge in [0.15, 0.2) is 17.5 Å². The van der Waals surface area contributed by atoms with Crippen molar-refractivity contribution in [2.45, 2.75) is 38.8 Å². The minimum absolute atomic E-state index is 0.176. The Bertz CT molecular complexity index is 823. The quantitative estimate of drug-likeness (QED) is 0.428. The first-order valence-corrected chi connectivity index (χ1v) is 11.3. The number of nitrogens with one attached hydrogen (secondary N) is 2. The van der Waals surface area contributed by atoms with Crippen molar-refractivity contribution >= 4 is 5.96 Å². The summed E-state index contributed by atoms with van der Waals surface area (Å²) in [6, 6.07) is 8.04. The smallest absolute Gasteiger partial charge is 0.203 e. The maximum absolute atomic E-state index is 5.76. The first-order valence-electron chi connectivity index (χ1n) is 11.3. The average molecular weight is 445 g/mol. The van der Waals surface area contributed by atoms with Gasteiger partial charge in [0.25, 0.3) is 0 Å². The summed E-state index contributed by atoms with van der Waals surface area (Å²) in [7, 11) is 4.83. The van der Waals surface area contributed by atoms with Crippen molar-refractivity contribution in [3.63, 3.8) is 0 Å². The van der Waals surface area contributed by atoms with Gasteiger partial charge in [0.1, 0.15) is 5.76 Å². The van der Waals surface area contributed by atoms with Crippen molar-refractivity contribution in [1.29, 1.82) is 0 Å². The molecule has 1 saturated heterocycles. The van der Waals surface area contributed by atoms with Gasteiger partial charge in [0, 0.05) is 13.1 Å². The first-order chi connectivity index (χ1) is 15.7. The van der Waals surface area contributed by atoms with Gasteiger partial charge in [-0.1, -0.05) is 6.42 Å². The number of guanidine groups is 1. The molecule has 2 N–H and O–H groups in total. The lowest BCUT2D eigenvalue weighted by molar-refractivity contribution is 0.146. The molecular formula is C24H36N4O4. The van der Waals surface area contributed by atoms with Gasteiger partial charge in [-0.15, -0.1) is 0 Å². The Labute approximate surface area is 190 Å². The second-order valence-electron chi connectivity index (χ2n) is 7.74. The Morgan fingerprint density at radius 3 is 2.34 bits per heavy atom. The van der Waals surface area contributed by atoms with Gasteiger partial charge in [0.2, 0.25) is 5.75 Å². The molecule has 1 atom stereocenters. The minimum Gasteiger partial charge on any atom is -0.493 e. The van der Waals surface area contributed by atoms with Crippen LogP contribution in [0, 0.1) is 0 Å². The lowest BCUT2D eigenvalue weighted by atomic mass is 10.1. The number of rotatable bonds is 10. The summed E-state index contributed by atoms with van der Waals surface area (Å²) < 4.78 is 22.1. The van der Waals surface area contributed by atoms with Gasteiger partial charge >= 0.3 is 0 Å². The van der Waals surface area contributed by atoms with Crippen LogP contribution in [-0.4, -0.2) is 58.4 Å². The summed E-state index contributed by atoms with van der Waals surface area (Å²) >= 11 is 0. The highest BCUT2D eigenvalue weighted by Gasteiger charge is 2.24. The first kappa shape index (κ1) is 23.8. The fourth-order valence-corrected chi connectivity index (χ4v) is 4.05. The van der Waals surface area contributed by atoms with E-state index in [0.29, 0.717) is 30.3 Å². The van der Waals surface area contributed by atoms with Crippen molar-refractivity contribution < 1.29 is 18.6 Å². The minimum atomic E-state index is 0.176. The number of aliphatic imine (C=N–C) groups is 1. The summed E-state index contributed by atoms with van der Waals surface area (Å²) in [4.78, 5) is 7.28. The van der Waals surface area contributed by atoms with E-state index in [0.717, 1.165) is 36.9 Å². The molecule has 0 radical (unpaired) electrons. The van der Waals surface area contributed by atoms with Gasteiger partial charge in [-0.05, 0) is 62.7 Å². The van der Waals surface area contributed by atoms with Gasteiger partial charge in [0.05, 0.1) is 40.2 Å². The van der Waals surface area contributed by atoms with Gasteiger partial charge in [-0.3, -0.25) is 4.90 Å². The number of likely N-dealkylation sites (tertiary alicyclic amines) is 1. The predicted octanol–water partition coefficient (Wildman–Crippen LogP) is 3.59. The molecule has 1 aliphatic rings. The number of methoxy groups -OCH3 is 3. The third kappa shape index (κ3) is 6.09. The summed E-state index contributed by atoms with van der Waals surface area (Å²) in [6.45, 7) is 6.20. The molecule has 0 amide bonds. The Balaban J connectivity index is 1.73. The van der Waals surface area contributed by atoms with E-state index in [2.05, 4.69) is 28.5 Å². The fraction of sp³-hybridized carbons (Fsp3) is 0.542. The van der Waals surface area contributed by atoms with Crippen LogP contribution in [0.3, 0.4) is 0 Å². The van der Waals surface area contributed by atoms with E-state index >= 15 is 0 Å². The van der Waals surface area contributed by atoms with Crippen molar-refractivity contribution in [1.82, 2.24) is 15.5 Å². The second-order valence-corrected chi connectivity index (χ2v) is 7.74. The maximum Gasteiger partial charge on any atom is 0.203 e. The largest absolute Gasteiger partial charge is 0.493 e. The van der Waals surface area contributed by atoms with Crippen LogP contribution >= 0.6 is 0 Å². The zero-order chi connectivity index (χ0) is 22.8. The van der Waals surface area contributed by atoms with E-state index in [9.17, 15) is 0 Å². The fourth-order valence-electron chi connectivity index (χ4n) is 4.05. The lowest BCUT2D eigenvalue weighted by Crippen LogP contribution is -2.44. The molecule has 8 nitrogen and oxygen atoms in total. The molecule has 0 saturated carbocycles. The van der Waals surface area contributed by atoms with E-state index in [1.165, 1.54) is 19.3 Å². The Morgan fingerprint density at radius 2 is 1.78 bits per heavy atom. The van der Waals surface area contributed by atoms with Crippen LogP contribution in [-0.2, 0) is 6.54 Å². The van der Waals surface area contributed by atoms with Gasteiger partial charge < -0.3 is 29.3 Å². The Kier molecular flexibility index (Phi) is 9.10. The number of piperidine rings is 1. The van der Waals surface area contributed by atoms with Crippen LogP contribution in [0.1, 0.15) is 43.6 Å². The third-order valence-electron chi connectivity index (χ3n) is 5.65. The Hall–Kier alpha value is -2.87. The normalized spacial score (nSPS) is 15.8. The van der Waals surface area contributed by atoms with E-state index in [-0.39, 0.29) is 6.04 Å². The molecule has 1 aromatic carbocycles. The van der Waals surface area contributed by atoms with E-state index < -0.39 is 0 Å². The molecule has 0 spiro atoms. The van der Waals surface area contributed by atoms with Crippen molar-refractivity contribution in [2.75, 3.05) is 47.5 Å². The highest BCUT2D eigenvalue weighted by molar-refractivity contribution is 5.79. The monoisotopic (exact) mass is 444 g/mol. The van der Waals surface area contributed by atoms with Crippen molar-refractivity contribution in [3.05, 3.63) is 41.9 Å². The highest BCUT2D eigenvalue weighted by atomic mass is 16.5. The van der Waals surface area contributed by atoms with Gasteiger partial charge in [-0.2, -0.15) is 0 Å². The molecule has 32 heavy (non-hydrogen) atoms. The van der Waals surface area contributed by atoms with Crippen LogP contribution in [0.5, 0.6) is 17.2 Å². The topological polar surface area (TPSA) is 80.5 Å². The molecule has 2 aromatic rings. The summed E-state index contributed by atoms with van der Waals surface area (Å²) in [5.41, 5.74) is 0.968. The van der Waals surface area contributed by atoms with Gasteiger partial charge in [-0.25, -0.2) is 4.99 Å². The molecule has 3 rings (SSSR count). The Morgan fingerprint density at radius 1 is 1.06 bits per heavy atom.